The van der Waals surface area contributed by atoms with Crippen molar-refractivity contribution < 1.29 is 19.7 Å². The molecule has 3 saturated carbocycles. The molecule has 2 bridgehead atoms. The number of rotatable bonds is 4. The SMILES string of the molecule is CCC[C@]12c3c4ccc(O)c3O[C@H]1[C@@]1(OC)CC[C@@]2(C[C@@H]1[C@](C)(O)C(C)(C)C)[C@H](C)C4. The first-order chi connectivity index (χ1) is 14.4. The van der Waals surface area contributed by atoms with Crippen molar-refractivity contribution in [1.29, 1.82) is 0 Å². The molecule has 4 nitrogen and oxygen atoms in total. The normalized spacial score (nSPS) is 42.1. The lowest BCUT2D eigenvalue weighted by Crippen LogP contribution is -2.79. The highest BCUT2D eigenvalue weighted by molar-refractivity contribution is 5.62. The average molecular weight is 429 g/mol. The van der Waals surface area contributed by atoms with Crippen LogP contribution in [-0.4, -0.2) is 34.6 Å². The third-order valence-electron chi connectivity index (χ3n) is 10.5. The van der Waals surface area contributed by atoms with Crippen molar-refractivity contribution in [2.45, 2.75) is 103 Å². The summed E-state index contributed by atoms with van der Waals surface area (Å²) in [7, 11) is 1.81. The minimum Gasteiger partial charge on any atom is -0.504 e. The molecule has 0 saturated heterocycles. The maximum Gasteiger partial charge on any atom is 0.165 e. The van der Waals surface area contributed by atoms with Gasteiger partial charge in [-0.2, -0.15) is 0 Å². The van der Waals surface area contributed by atoms with Crippen molar-refractivity contribution in [2.75, 3.05) is 7.11 Å². The molecule has 0 radical (unpaired) electrons. The Balaban J connectivity index is 1.82. The van der Waals surface area contributed by atoms with Gasteiger partial charge in [0, 0.05) is 24.0 Å². The molecule has 0 aromatic heterocycles. The lowest BCUT2D eigenvalue weighted by atomic mass is 9.33. The Bertz CT molecular complexity index is 915. The Morgan fingerprint density at radius 3 is 2.52 bits per heavy atom. The maximum atomic E-state index is 12.0. The molecule has 5 aliphatic rings. The second-order valence-corrected chi connectivity index (χ2v) is 12.2. The fourth-order valence-electron chi connectivity index (χ4n) is 8.58. The predicted octanol–water partition coefficient (Wildman–Crippen LogP) is 5.37. The second-order valence-electron chi connectivity index (χ2n) is 12.2. The number of hydrogen-bond acceptors (Lipinski definition) is 4. The lowest BCUT2D eigenvalue weighted by molar-refractivity contribution is -0.302. The molecule has 172 valence electrons. The van der Waals surface area contributed by atoms with E-state index in [4.69, 9.17) is 9.47 Å². The maximum absolute atomic E-state index is 12.0. The summed E-state index contributed by atoms with van der Waals surface area (Å²) < 4.78 is 13.3. The van der Waals surface area contributed by atoms with E-state index in [1.54, 1.807) is 6.07 Å². The number of phenols is 1. The van der Waals surface area contributed by atoms with E-state index in [1.165, 1.54) is 11.1 Å². The van der Waals surface area contributed by atoms with E-state index in [0.29, 0.717) is 11.7 Å². The third kappa shape index (κ3) is 2.20. The molecule has 3 fully saturated rings. The summed E-state index contributed by atoms with van der Waals surface area (Å²) in [5.41, 5.74) is 0.693. The van der Waals surface area contributed by atoms with Gasteiger partial charge in [-0.05, 0) is 67.4 Å². The van der Waals surface area contributed by atoms with Crippen LogP contribution in [0.3, 0.4) is 0 Å². The molecule has 0 unspecified atom stereocenters. The minimum absolute atomic E-state index is 0.0332. The van der Waals surface area contributed by atoms with Gasteiger partial charge in [0.25, 0.3) is 0 Å². The number of hydrogen-bond donors (Lipinski definition) is 2. The molecule has 1 heterocycles. The fraction of sp³-hybridized carbons (Fsp3) is 0.778. The molecular formula is C27H40O4. The molecular weight excluding hydrogens is 388 g/mol. The van der Waals surface area contributed by atoms with Crippen LogP contribution in [0.4, 0.5) is 0 Å². The number of methoxy groups -OCH3 is 1. The molecule has 4 aliphatic carbocycles. The highest BCUT2D eigenvalue weighted by atomic mass is 16.6. The highest BCUT2D eigenvalue weighted by Crippen LogP contribution is 2.77. The molecule has 7 atom stereocenters. The topological polar surface area (TPSA) is 58.9 Å². The lowest BCUT2D eigenvalue weighted by Gasteiger charge is -2.73. The monoisotopic (exact) mass is 428 g/mol. The van der Waals surface area contributed by atoms with Crippen LogP contribution in [0, 0.1) is 22.7 Å². The molecule has 1 aromatic rings. The van der Waals surface area contributed by atoms with Gasteiger partial charge in [0.15, 0.2) is 11.5 Å². The molecule has 0 amide bonds. The first-order valence-corrected chi connectivity index (χ1v) is 12.2. The van der Waals surface area contributed by atoms with Crippen molar-refractivity contribution in [3.8, 4) is 11.5 Å². The van der Waals surface area contributed by atoms with Gasteiger partial charge in [0.1, 0.15) is 11.7 Å². The standard InChI is InChI=1S/C27H40O4/c1-8-11-26-20-17-9-10-18(28)21(20)31-22(26)27(30-7)13-12-25(26,16(2)14-17)15-19(27)24(6,29)23(3,4)5/h9-10,16,19,22,28-29H,8,11-15H2,1-7H3/t16-,19-,22-,24+,25-,26+,27-/m1/s1. The third-order valence-corrected chi connectivity index (χ3v) is 10.5. The Hall–Kier alpha value is -1.26. The molecule has 31 heavy (non-hydrogen) atoms. The first-order valence-electron chi connectivity index (χ1n) is 12.2. The zero-order chi connectivity index (χ0) is 22.6. The highest BCUT2D eigenvalue weighted by Gasteiger charge is 2.80. The number of phenolic OH excluding ortho intramolecular Hbond substituents is 1. The summed E-state index contributed by atoms with van der Waals surface area (Å²) in [6.07, 6.45) is 5.84. The van der Waals surface area contributed by atoms with E-state index in [2.05, 4.69) is 40.7 Å². The number of aromatic hydroxyl groups is 1. The fourth-order valence-corrected chi connectivity index (χ4v) is 8.58. The van der Waals surface area contributed by atoms with Crippen LogP contribution >= 0.6 is 0 Å². The summed E-state index contributed by atoms with van der Waals surface area (Å²) in [5.74, 6) is 1.39. The van der Waals surface area contributed by atoms with Gasteiger partial charge < -0.3 is 19.7 Å². The van der Waals surface area contributed by atoms with Gasteiger partial charge in [0.2, 0.25) is 0 Å². The Labute approximate surface area is 187 Å². The average Bonchev–Trinajstić information content (AvgIpc) is 3.08. The van der Waals surface area contributed by atoms with Gasteiger partial charge in [-0.25, -0.2) is 0 Å². The summed E-state index contributed by atoms with van der Waals surface area (Å²) in [5, 5.41) is 22.9. The summed E-state index contributed by atoms with van der Waals surface area (Å²) in [4.78, 5) is 0. The molecule has 1 aromatic carbocycles. The summed E-state index contributed by atoms with van der Waals surface area (Å²) >= 11 is 0. The Kier molecular flexibility index (Phi) is 4.31. The van der Waals surface area contributed by atoms with Crippen molar-refractivity contribution in [3.05, 3.63) is 23.3 Å². The largest absolute Gasteiger partial charge is 0.504 e. The van der Waals surface area contributed by atoms with Crippen molar-refractivity contribution in [1.82, 2.24) is 0 Å². The number of benzene rings is 1. The van der Waals surface area contributed by atoms with Crippen molar-refractivity contribution >= 4 is 0 Å². The van der Waals surface area contributed by atoms with E-state index in [9.17, 15) is 10.2 Å². The Morgan fingerprint density at radius 2 is 1.90 bits per heavy atom. The predicted molar refractivity (Wildman–Crippen MR) is 122 cm³/mol. The molecule has 1 spiro atoms. The van der Waals surface area contributed by atoms with E-state index in [0.717, 1.165) is 38.5 Å². The van der Waals surface area contributed by atoms with Crippen LogP contribution in [0.5, 0.6) is 11.5 Å². The zero-order valence-electron chi connectivity index (χ0n) is 20.3. The van der Waals surface area contributed by atoms with Crippen LogP contribution in [-0.2, 0) is 16.6 Å². The first kappa shape index (κ1) is 21.6. The van der Waals surface area contributed by atoms with Crippen LogP contribution < -0.4 is 4.74 Å². The van der Waals surface area contributed by atoms with Crippen LogP contribution in [0.25, 0.3) is 0 Å². The summed E-state index contributed by atoms with van der Waals surface area (Å²) in [6.45, 7) is 13.1. The molecule has 1 aliphatic heterocycles. The minimum atomic E-state index is -0.908. The number of ether oxygens (including phenoxy) is 2. The smallest absolute Gasteiger partial charge is 0.165 e. The van der Waals surface area contributed by atoms with E-state index < -0.39 is 11.2 Å². The molecule has 6 rings (SSSR count). The van der Waals surface area contributed by atoms with Crippen molar-refractivity contribution in [2.24, 2.45) is 22.7 Å². The molecule has 4 heteroatoms. The van der Waals surface area contributed by atoms with E-state index >= 15 is 0 Å². The van der Waals surface area contributed by atoms with Gasteiger partial charge in [-0.15, -0.1) is 0 Å². The summed E-state index contributed by atoms with van der Waals surface area (Å²) in [6, 6.07) is 3.92. The van der Waals surface area contributed by atoms with Crippen LogP contribution in [0.15, 0.2) is 12.1 Å². The molecule has 2 N–H and O–H groups in total. The second kappa shape index (κ2) is 6.20. The number of aliphatic hydroxyl groups is 1. The van der Waals surface area contributed by atoms with E-state index in [1.807, 2.05) is 14.0 Å². The van der Waals surface area contributed by atoms with Crippen molar-refractivity contribution in [3.63, 3.8) is 0 Å². The zero-order valence-corrected chi connectivity index (χ0v) is 20.3. The van der Waals surface area contributed by atoms with Gasteiger partial charge in [-0.3, -0.25) is 0 Å². The van der Waals surface area contributed by atoms with Gasteiger partial charge in [-0.1, -0.05) is 47.1 Å². The van der Waals surface area contributed by atoms with Gasteiger partial charge >= 0.3 is 0 Å². The van der Waals surface area contributed by atoms with E-state index in [-0.39, 0.29) is 34.0 Å². The number of fused-ring (bicyclic) bond motifs is 2. The quantitative estimate of drug-likeness (QED) is 0.677. The Morgan fingerprint density at radius 1 is 1.19 bits per heavy atom. The van der Waals surface area contributed by atoms with Crippen LogP contribution in [0.1, 0.15) is 84.8 Å². The van der Waals surface area contributed by atoms with Crippen LogP contribution in [0.2, 0.25) is 0 Å². The van der Waals surface area contributed by atoms with Gasteiger partial charge in [0.05, 0.1) is 5.60 Å².